The Morgan fingerprint density at radius 1 is 1.08 bits per heavy atom. The van der Waals surface area contributed by atoms with Crippen molar-refractivity contribution in [2.24, 2.45) is 0 Å². The Morgan fingerprint density at radius 2 is 1.77 bits per heavy atom. The molecule has 2 aliphatic rings. The van der Waals surface area contributed by atoms with E-state index in [1.54, 1.807) is 32.5 Å². The highest BCUT2D eigenvalue weighted by Gasteiger charge is 2.46. The van der Waals surface area contributed by atoms with Crippen molar-refractivity contribution < 1.29 is 42.6 Å². The molecule has 0 aliphatic carbocycles. The number of likely N-dealkylation sites (N-methyl/N-ethyl adjacent to an activating group) is 1. The molecule has 2 aromatic heterocycles. The lowest BCUT2D eigenvalue weighted by Gasteiger charge is -2.38. The average Bonchev–Trinajstić information content (AvgIpc) is 3.61. The molecule has 0 radical (unpaired) electrons. The first-order valence-electron chi connectivity index (χ1n) is 15.3. The van der Waals surface area contributed by atoms with Crippen LogP contribution in [0.4, 0.5) is 20.3 Å². The predicted molar refractivity (Wildman–Crippen MR) is 169 cm³/mol. The Hall–Kier alpha value is -5.15. The molecule has 4 aromatic rings. The van der Waals surface area contributed by atoms with Crippen molar-refractivity contribution in [1.29, 1.82) is 0 Å². The number of benzene rings is 2. The molecule has 15 heteroatoms. The lowest BCUT2D eigenvalue weighted by atomic mass is 10.1. The van der Waals surface area contributed by atoms with Gasteiger partial charge in [0.1, 0.15) is 12.6 Å². The van der Waals surface area contributed by atoms with Gasteiger partial charge in [-0.15, -0.1) is 0 Å². The van der Waals surface area contributed by atoms with Gasteiger partial charge in [-0.1, -0.05) is 0 Å². The van der Waals surface area contributed by atoms with E-state index >= 15 is 0 Å². The van der Waals surface area contributed by atoms with Crippen LogP contribution in [-0.4, -0.2) is 118 Å². The van der Waals surface area contributed by atoms with Gasteiger partial charge in [0.25, 0.3) is 11.8 Å². The van der Waals surface area contributed by atoms with Gasteiger partial charge in [0.15, 0.2) is 29.1 Å². The minimum absolute atomic E-state index is 0.0298. The van der Waals surface area contributed by atoms with Crippen LogP contribution in [0.25, 0.3) is 16.9 Å². The summed E-state index contributed by atoms with van der Waals surface area (Å²) in [5.41, 5.74) is 2.77. The minimum Gasteiger partial charge on any atom is -0.554 e. The van der Waals surface area contributed by atoms with Gasteiger partial charge in [0.2, 0.25) is 5.82 Å². The van der Waals surface area contributed by atoms with Crippen LogP contribution in [0.2, 0.25) is 0 Å². The van der Waals surface area contributed by atoms with Gasteiger partial charge in [-0.25, -0.2) is 14.4 Å². The number of carbonyl (C=O) groups excluding carboxylic acids is 3. The average molecular weight is 666 g/mol. The number of imidazole rings is 1. The van der Waals surface area contributed by atoms with Crippen molar-refractivity contribution in [3.63, 3.8) is 0 Å². The molecule has 254 valence electrons. The second-order valence-corrected chi connectivity index (χ2v) is 12.3. The van der Waals surface area contributed by atoms with Crippen LogP contribution in [0.1, 0.15) is 22.3 Å². The van der Waals surface area contributed by atoms with Gasteiger partial charge in [-0.05, 0) is 42.8 Å². The summed E-state index contributed by atoms with van der Waals surface area (Å²) in [6.45, 7) is 3.67. The van der Waals surface area contributed by atoms with Crippen LogP contribution < -0.4 is 15.2 Å². The highest BCUT2D eigenvalue weighted by molar-refractivity contribution is 5.96. The Labute approximate surface area is 275 Å². The van der Waals surface area contributed by atoms with E-state index in [-0.39, 0.29) is 29.2 Å². The first-order chi connectivity index (χ1) is 22.9. The molecule has 4 heterocycles. The van der Waals surface area contributed by atoms with E-state index in [0.717, 1.165) is 5.56 Å². The molecule has 0 spiro atoms. The quantitative estimate of drug-likeness (QED) is 0.231. The maximum atomic E-state index is 14.8. The number of rotatable bonds is 6. The van der Waals surface area contributed by atoms with E-state index in [9.17, 15) is 23.5 Å². The standard InChI is InChI=1S/C32H35F2N7O4.CH2O2/c1-19-15-20(37-29-30-36-17-24(40(30)10-9-35-29)23-7-8-26(45-4)28(34)27(23)33)5-6-22(19)31(43)38-11-13-39(14-12-38)32(44)25-16-21(42)18-41(25,2)3;2-1-3/h5-10,15,17,21,25,42H,11-14,16,18H2,1-4H3;1H,(H,2,3)/t21-,25+;/m1./s1. The summed E-state index contributed by atoms with van der Waals surface area (Å²) in [4.78, 5) is 47.3. The molecule has 0 bridgehead atoms. The number of aryl methyl sites for hydroxylation is 1. The third kappa shape index (κ3) is 6.64. The number of aliphatic hydroxyl groups excluding tert-OH is 1. The number of likely N-dealkylation sites (tertiary alicyclic amines) is 1. The summed E-state index contributed by atoms with van der Waals surface area (Å²) in [5.74, 6) is -1.98. The van der Waals surface area contributed by atoms with Crippen molar-refractivity contribution in [3.05, 3.63) is 71.7 Å². The molecule has 0 saturated carbocycles. The molecular weight excluding hydrogens is 628 g/mol. The highest BCUT2D eigenvalue weighted by atomic mass is 19.2. The molecule has 2 fully saturated rings. The van der Waals surface area contributed by atoms with Gasteiger partial charge < -0.3 is 39.3 Å². The Balaban J connectivity index is 0.00000145. The van der Waals surface area contributed by atoms with Crippen LogP contribution in [0.15, 0.2) is 48.9 Å². The number of methoxy groups -OCH3 is 1. The van der Waals surface area contributed by atoms with Crippen LogP contribution in [0, 0.1) is 18.6 Å². The molecule has 6 rings (SSSR count). The lowest BCUT2D eigenvalue weighted by Crippen LogP contribution is -2.58. The fourth-order valence-electron chi connectivity index (χ4n) is 6.41. The van der Waals surface area contributed by atoms with E-state index in [1.807, 2.05) is 27.1 Å². The molecule has 2 amide bonds. The SMILES string of the molecule is COc1ccc(-c2cnc3c(Nc4ccc(C(=O)N5CCN(C(=O)[C@@H]6C[C@@H](O)C[N+]6(C)C)CC5)c(C)c4)nccn23)c(F)c1F.O=C[O-]. The minimum atomic E-state index is -1.08. The van der Waals surface area contributed by atoms with E-state index < -0.39 is 24.2 Å². The highest BCUT2D eigenvalue weighted by Crippen LogP contribution is 2.32. The zero-order valence-corrected chi connectivity index (χ0v) is 27.0. The van der Waals surface area contributed by atoms with Gasteiger partial charge in [0, 0.05) is 68.3 Å². The number of carboxylic acid groups (broad SMARTS) is 1. The Kier molecular flexibility index (Phi) is 9.91. The molecule has 2 aliphatic heterocycles. The topological polar surface area (TPSA) is 152 Å². The molecule has 2 N–H and O–H groups in total. The van der Waals surface area contributed by atoms with Gasteiger partial charge in [-0.3, -0.25) is 14.0 Å². The van der Waals surface area contributed by atoms with Crippen LogP contribution in [-0.2, 0) is 9.59 Å². The third-order valence-corrected chi connectivity index (χ3v) is 8.87. The fourth-order valence-corrected chi connectivity index (χ4v) is 6.41. The second kappa shape index (κ2) is 13.9. The summed E-state index contributed by atoms with van der Waals surface area (Å²) in [5, 5.41) is 21.6. The van der Waals surface area contributed by atoms with Crippen LogP contribution >= 0.6 is 0 Å². The summed E-state index contributed by atoms with van der Waals surface area (Å²) in [6.07, 6.45) is 4.57. The number of carbonyl (C=O) groups is 3. The Morgan fingerprint density at radius 3 is 2.40 bits per heavy atom. The number of aliphatic hydroxyl groups is 1. The lowest BCUT2D eigenvalue weighted by molar-refractivity contribution is -0.894. The molecule has 48 heavy (non-hydrogen) atoms. The molecule has 0 unspecified atom stereocenters. The fraction of sp³-hybridized carbons (Fsp3) is 0.364. The number of piperazine rings is 1. The van der Waals surface area contributed by atoms with E-state index in [0.29, 0.717) is 72.0 Å². The van der Waals surface area contributed by atoms with Gasteiger partial charge >= 0.3 is 0 Å². The summed E-state index contributed by atoms with van der Waals surface area (Å²) in [7, 11) is 5.21. The molecule has 13 nitrogen and oxygen atoms in total. The maximum Gasteiger partial charge on any atom is 0.281 e. The van der Waals surface area contributed by atoms with Crippen molar-refractivity contribution in [3.8, 4) is 17.0 Å². The number of anilines is 2. The number of halogens is 2. The summed E-state index contributed by atoms with van der Waals surface area (Å²) >= 11 is 0. The van der Waals surface area contributed by atoms with E-state index in [4.69, 9.17) is 14.6 Å². The second-order valence-electron chi connectivity index (χ2n) is 12.3. The number of nitrogens with one attached hydrogen (secondary N) is 1. The largest absolute Gasteiger partial charge is 0.554 e. The van der Waals surface area contributed by atoms with Crippen molar-refractivity contribution in [1.82, 2.24) is 24.2 Å². The molecule has 2 saturated heterocycles. The summed E-state index contributed by atoms with van der Waals surface area (Å²) in [6, 6.07) is 7.90. The molecular formula is C33H37F2N7O6. The number of amides is 2. The van der Waals surface area contributed by atoms with Crippen molar-refractivity contribution >= 4 is 35.4 Å². The van der Waals surface area contributed by atoms with Crippen LogP contribution in [0.3, 0.4) is 0 Å². The van der Waals surface area contributed by atoms with E-state index in [1.165, 1.54) is 31.6 Å². The van der Waals surface area contributed by atoms with E-state index in [2.05, 4.69) is 15.3 Å². The number of hydrogen-bond donors (Lipinski definition) is 2. The zero-order chi connectivity index (χ0) is 34.7. The smallest absolute Gasteiger partial charge is 0.281 e. The number of ether oxygens (including phenoxy) is 1. The summed E-state index contributed by atoms with van der Waals surface area (Å²) < 4.78 is 36.2. The zero-order valence-electron chi connectivity index (χ0n) is 27.0. The first kappa shape index (κ1) is 34.2. The van der Waals surface area contributed by atoms with Crippen molar-refractivity contribution in [2.45, 2.75) is 25.5 Å². The van der Waals surface area contributed by atoms with Crippen LogP contribution in [0.5, 0.6) is 5.75 Å². The predicted octanol–water partition coefficient (Wildman–Crippen LogP) is 1.60. The number of aromatic nitrogens is 3. The number of nitrogens with zero attached hydrogens (tertiary/aromatic N) is 6. The number of fused-ring (bicyclic) bond motifs is 1. The third-order valence-electron chi connectivity index (χ3n) is 8.87. The monoisotopic (exact) mass is 665 g/mol. The maximum absolute atomic E-state index is 14.8. The normalized spacial score (nSPS) is 18.6. The number of hydrogen-bond acceptors (Lipinski definition) is 9. The Bertz CT molecular complexity index is 1840. The van der Waals surface area contributed by atoms with Gasteiger partial charge in [0.05, 0.1) is 33.1 Å². The first-order valence-corrected chi connectivity index (χ1v) is 15.3. The van der Waals surface area contributed by atoms with Gasteiger partial charge in [-0.2, -0.15) is 4.39 Å². The number of quaternary nitrogens is 1. The van der Waals surface area contributed by atoms with Crippen molar-refractivity contribution in [2.75, 3.05) is 59.2 Å². The molecule has 2 atom stereocenters. The molecule has 2 aromatic carbocycles.